The first-order valence-electron chi connectivity index (χ1n) is 6.42. The molecule has 0 saturated carbocycles. The van der Waals surface area contributed by atoms with Crippen LogP contribution >= 0.6 is 23.2 Å². The van der Waals surface area contributed by atoms with Crippen molar-refractivity contribution in [2.75, 3.05) is 18.1 Å². The Hall–Kier alpha value is -1.30. The lowest BCUT2D eigenvalue weighted by molar-refractivity contribution is 0.280. The number of ether oxygens (including phenoxy) is 1. The van der Waals surface area contributed by atoms with E-state index in [1.165, 1.54) is 0 Å². The molecule has 1 fully saturated rings. The molecule has 4 rings (SSSR count). The van der Waals surface area contributed by atoms with E-state index in [1.807, 2.05) is 18.2 Å². The van der Waals surface area contributed by atoms with Crippen molar-refractivity contribution >= 4 is 29.0 Å². The molecule has 1 saturated heterocycles. The van der Waals surface area contributed by atoms with Crippen LogP contribution in [0.15, 0.2) is 18.2 Å². The molecule has 1 N–H and O–H groups in total. The van der Waals surface area contributed by atoms with Gasteiger partial charge in [-0.2, -0.15) is 10.3 Å². The summed E-state index contributed by atoms with van der Waals surface area (Å²) < 4.78 is 5.57. The van der Waals surface area contributed by atoms with Crippen LogP contribution in [0.3, 0.4) is 0 Å². The van der Waals surface area contributed by atoms with Crippen LogP contribution in [-0.4, -0.2) is 28.6 Å². The van der Waals surface area contributed by atoms with Gasteiger partial charge in [-0.15, -0.1) is 5.10 Å². The summed E-state index contributed by atoms with van der Waals surface area (Å²) >= 11 is 12.0. The van der Waals surface area contributed by atoms with Crippen LogP contribution in [-0.2, 0) is 16.9 Å². The van der Waals surface area contributed by atoms with Crippen LogP contribution in [0, 0.1) is 0 Å². The molecular weight excluding hydrogens is 299 g/mol. The molecule has 2 aliphatic heterocycles. The Bertz CT molecular complexity index is 668. The van der Waals surface area contributed by atoms with Gasteiger partial charge in [0.1, 0.15) is 11.3 Å². The molecule has 0 radical (unpaired) electrons. The molecule has 0 amide bonds. The standard InChI is InChI=1S/C13H12Cl2N4O/c14-9-2-1-8(5-10(9)15)6-19-4-3-13(7-20-13)11-12(19)17-18-16-11/h1-2,5H,3-4,6-7H2,(H,16,17,18). The Morgan fingerprint density at radius 1 is 1.30 bits per heavy atom. The normalized spacial score (nSPS) is 24.0. The second-order valence-corrected chi connectivity index (χ2v) is 6.01. The third-order valence-corrected chi connectivity index (χ3v) is 4.64. The molecule has 104 valence electrons. The maximum absolute atomic E-state index is 6.06. The van der Waals surface area contributed by atoms with Crippen LogP contribution in [0.4, 0.5) is 5.82 Å². The number of H-pyrrole nitrogens is 1. The van der Waals surface area contributed by atoms with Crippen LogP contribution in [0.2, 0.25) is 10.0 Å². The Kier molecular flexibility index (Phi) is 2.70. The highest BCUT2D eigenvalue weighted by Crippen LogP contribution is 2.47. The van der Waals surface area contributed by atoms with Crippen molar-refractivity contribution in [2.45, 2.75) is 18.6 Å². The van der Waals surface area contributed by atoms with Crippen molar-refractivity contribution in [3.8, 4) is 0 Å². The van der Waals surface area contributed by atoms with Gasteiger partial charge in [0.2, 0.25) is 0 Å². The van der Waals surface area contributed by atoms with Gasteiger partial charge in [0.15, 0.2) is 5.82 Å². The fraction of sp³-hybridized carbons (Fsp3) is 0.385. The fourth-order valence-corrected chi connectivity index (χ4v) is 2.99. The summed E-state index contributed by atoms with van der Waals surface area (Å²) in [5.74, 6) is 0.875. The van der Waals surface area contributed by atoms with Gasteiger partial charge >= 0.3 is 0 Å². The highest BCUT2D eigenvalue weighted by Gasteiger charge is 2.53. The second kappa shape index (κ2) is 4.35. The molecule has 1 aromatic carbocycles. The molecule has 1 spiro atoms. The lowest BCUT2D eigenvalue weighted by Crippen LogP contribution is -2.34. The zero-order chi connectivity index (χ0) is 13.7. The van der Waals surface area contributed by atoms with Crippen molar-refractivity contribution in [3.05, 3.63) is 39.5 Å². The van der Waals surface area contributed by atoms with Gasteiger partial charge in [-0.25, -0.2) is 0 Å². The molecule has 1 aromatic heterocycles. The van der Waals surface area contributed by atoms with E-state index in [0.717, 1.165) is 43.2 Å². The van der Waals surface area contributed by atoms with E-state index in [2.05, 4.69) is 20.3 Å². The largest absolute Gasteiger partial charge is 0.363 e. The average Bonchev–Trinajstić information content (AvgIpc) is 3.02. The third-order valence-electron chi connectivity index (χ3n) is 3.90. The number of anilines is 1. The van der Waals surface area contributed by atoms with E-state index in [4.69, 9.17) is 27.9 Å². The van der Waals surface area contributed by atoms with Crippen molar-refractivity contribution in [2.24, 2.45) is 0 Å². The highest BCUT2D eigenvalue weighted by molar-refractivity contribution is 6.42. The smallest absolute Gasteiger partial charge is 0.177 e. The number of benzene rings is 1. The summed E-state index contributed by atoms with van der Waals surface area (Å²) in [6, 6.07) is 5.69. The SMILES string of the molecule is Clc1ccc(CN2CCC3(CO3)c3n[nH]nc32)cc1Cl. The van der Waals surface area contributed by atoms with Gasteiger partial charge in [0.25, 0.3) is 0 Å². The van der Waals surface area contributed by atoms with E-state index >= 15 is 0 Å². The number of nitrogens with one attached hydrogen (secondary N) is 1. The predicted octanol–water partition coefficient (Wildman–Crippen LogP) is 2.75. The molecule has 0 bridgehead atoms. The number of halogens is 2. The molecular formula is C13H12Cl2N4O. The van der Waals surface area contributed by atoms with Crippen LogP contribution in [0.5, 0.6) is 0 Å². The Balaban J connectivity index is 1.62. The number of epoxide rings is 1. The van der Waals surface area contributed by atoms with Gasteiger partial charge in [0, 0.05) is 19.5 Å². The first-order chi connectivity index (χ1) is 9.68. The Morgan fingerprint density at radius 2 is 2.15 bits per heavy atom. The molecule has 2 aromatic rings. The van der Waals surface area contributed by atoms with Gasteiger partial charge in [-0.1, -0.05) is 29.3 Å². The number of aromatic amines is 1. The zero-order valence-corrected chi connectivity index (χ0v) is 12.1. The summed E-state index contributed by atoms with van der Waals surface area (Å²) in [6.07, 6.45) is 0.938. The molecule has 0 aliphatic carbocycles. The van der Waals surface area contributed by atoms with E-state index in [9.17, 15) is 0 Å². The zero-order valence-electron chi connectivity index (χ0n) is 10.6. The minimum Gasteiger partial charge on any atom is -0.363 e. The topological polar surface area (TPSA) is 57.3 Å². The number of hydrogen-bond acceptors (Lipinski definition) is 4. The average molecular weight is 311 g/mol. The quantitative estimate of drug-likeness (QED) is 0.867. The number of hydrogen-bond donors (Lipinski definition) is 1. The van der Waals surface area contributed by atoms with E-state index < -0.39 is 0 Å². The molecule has 1 unspecified atom stereocenters. The maximum Gasteiger partial charge on any atom is 0.177 e. The minimum atomic E-state index is -0.184. The second-order valence-electron chi connectivity index (χ2n) is 5.20. The van der Waals surface area contributed by atoms with Crippen molar-refractivity contribution in [3.63, 3.8) is 0 Å². The molecule has 1 atom stereocenters. The van der Waals surface area contributed by atoms with Crippen LogP contribution < -0.4 is 4.90 Å². The van der Waals surface area contributed by atoms with E-state index in [-0.39, 0.29) is 5.60 Å². The lowest BCUT2D eigenvalue weighted by atomic mass is 9.97. The predicted molar refractivity (Wildman–Crippen MR) is 76.1 cm³/mol. The van der Waals surface area contributed by atoms with Gasteiger partial charge < -0.3 is 9.64 Å². The fourth-order valence-electron chi connectivity index (χ4n) is 2.67. The van der Waals surface area contributed by atoms with Crippen LogP contribution in [0.1, 0.15) is 17.7 Å². The summed E-state index contributed by atoms with van der Waals surface area (Å²) in [7, 11) is 0. The summed E-state index contributed by atoms with van der Waals surface area (Å²) in [5, 5.41) is 12.4. The van der Waals surface area contributed by atoms with Gasteiger partial charge in [-0.05, 0) is 17.7 Å². The van der Waals surface area contributed by atoms with Crippen molar-refractivity contribution in [1.82, 2.24) is 15.4 Å². The van der Waals surface area contributed by atoms with Crippen LogP contribution in [0.25, 0.3) is 0 Å². The molecule has 5 nitrogen and oxygen atoms in total. The summed E-state index contributed by atoms with van der Waals surface area (Å²) in [6.45, 7) is 2.36. The third kappa shape index (κ3) is 1.89. The van der Waals surface area contributed by atoms with Crippen molar-refractivity contribution < 1.29 is 4.74 Å². The Labute approximate surface area is 125 Å². The van der Waals surface area contributed by atoms with Crippen molar-refractivity contribution in [1.29, 1.82) is 0 Å². The molecule has 7 heteroatoms. The Morgan fingerprint density at radius 3 is 2.90 bits per heavy atom. The maximum atomic E-state index is 6.06. The number of rotatable bonds is 2. The highest BCUT2D eigenvalue weighted by atomic mass is 35.5. The van der Waals surface area contributed by atoms with Gasteiger partial charge in [0.05, 0.1) is 16.7 Å². The van der Waals surface area contributed by atoms with E-state index in [0.29, 0.717) is 10.0 Å². The number of nitrogens with zero attached hydrogens (tertiary/aromatic N) is 3. The minimum absolute atomic E-state index is 0.184. The summed E-state index contributed by atoms with van der Waals surface area (Å²) in [4.78, 5) is 2.19. The first-order valence-corrected chi connectivity index (χ1v) is 7.18. The number of aromatic nitrogens is 3. The van der Waals surface area contributed by atoms with E-state index in [1.54, 1.807) is 0 Å². The van der Waals surface area contributed by atoms with Gasteiger partial charge in [-0.3, -0.25) is 0 Å². The molecule has 20 heavy (non-hydrogen) atoms. The number of fused-ring (bicyclic) bond motifs is 2. The monoisotopic (exact) mass is 310 g/mol. The molecule has 2 aliphatic rings. The lowest BCUT2D eigenvalue weighted by Gasteiger charge is -2.29. The summed E-state index contributed by atoms with van der Waals surface area (Å²) in [5.41, 5.74) is 1.83. The first kappa shape index (κ1) is 12.4. The molecule has 3 heterocycles.